The molecule has 1 amide bonds. The number of carboxylic acid groups (broad SMARTS) is 1. The molecule has 1 heterocycles. The summed E-state index contributed by atoms with van der Waals surface area (Å²) in [5.41, 5.74) is 0.389. The van der Waals surface area contributed by atoms with Crippen LogP contribution in [0.25, 0.3) is 0 Å². The van der Waals surface area contributed by atoms with E-state index in [1.165, 1.54) is 0 Å². The lowest BCUT2D eigenvalue weighted by Crippen LogP contribution is -2.25. The van der Waals surface area contributed by atoms with E-state index in [4.69, 9.17) is 5.11 Å². The van der Waals surface area contributed by atoms with Crippen LogP contribution in [-0.4, -0.2) is 28.5 Å². The minimum absolute atomic E-state index is 0.188. The fraction of sp³-hybridized carbons (Fsp3) is 0.462. The summed E-state index contributed by atoms with van der Waals surface area (Å²) < 4.78 is 0.633. The second kappa shape index (κ2) is 8.63. The molecule has 0 atom stereocenters. The third-order valence-electron chi connectivity index (χ3n) is 2.55. The summed E-state index contributed by atoms with van der Waals surface area (Å²) in [4.78, 5) is 26.1. The highest BCUT2D eigenvalue weighted by molar-refractivity contribution is 9.10. The Hall–Kier alpha value is -1.43. The number of halogens is 1. The molecule has 1 aromatic rings. The molecule has 0 aliphatic heterocycles. The average molecular weight is 329 g/mol. The Morgan fingerprint density at radius 3 is 2.63 bits per heavy atom. The molecule has 0 fully saturated rings. The van der Waals surface area contributed by atoms with E-state index in [0.29, 0.717) is 23.3 Å². The van der Waals surface area contributed by atoms with Crippen molar-refractivity contribution >= 4 is 27.8 Å². The zero-order chi connectivity index (χ0) is 14.1. The molecule has 1 aromatic heterocycles. The van der Waals surface area contributed by atoms with Crippen LogP contribution in [0.3, 0.4) is 0 Å². The van der Waals surface area contributed by atoms with E-state index in [9.17, 15) is 9.59 Å². The Balaban J connectivity index is 2.12. The first-order valence-electron chi connectivity index (χ1n) is 6.22. The molecule has 0 aliphatic carbocycles. The Kier molecular flexibility index (Phi) is 7.10. The van der Waals surface area contributed by atoms with E-state index in [0.717, 1.165) is 19.3 Å². The molecule has 0 radical (unpaired) electrons. The maximum atomic E-state index is 11.7. The summed E-state index contributed by atoms with van der Waals surface area (Å²) in [6.45, 7) is 0.583. The third-order valence-corrected chi connectivity index (χ3v) is 2.99. The van der Waals surface area contributed by atoms with Gasteiger partial charge in [0.05, 0.1) is 0 Å². The first-order chi connectivity index (χ1) is 9.09. The van der Waals surface area contributed by atoms with Gasteiger partial charge in [-0.05, 0) is 40.9 Å². The third kappa shape index (κ3) is 6.91. The molecule has 5 nitrogen and oxygen atoms in total. The summed E-state index contributed by atoms with van der Waals surface area (Å²) in [6, 6.07) is 5.18. The van der Waals surface area contributed by atoms with Crippen LogP contribution in [0.15, 0.2) is 22.8 Å². The molecule has 0 aromatic carbocycles. The second-order valence-electron chi connectivity index (χ2n) is 4.16. The Morgan fingerprint density at radius 2 is 1.95 bits per heavy atom. The number of pyridine rings is 1. The molecule has 0 spiro atoms. The fourth-order valence-corrected chi connectivity index (χ4v) is 1.93. The first kappa shape index (κ1) is 15.6. The van der Waals surface area contributed by atoms with Crippen LogP contribution in [0.4, 0.5) is 0 Å². The molecule has 0 saturated heterocycles. The Morgan fingerprint density at radius 1 is 1.21 bits per heavy atom. The van der Waals surface area contributed by atoms with E-state index >= 15 is 0 Å². The number of nitrogens with one attached hydrogen (secondary N) is 1. The number of carbonyl (C=O) groups excluding carboxylic acids is 1. The van der Waals surface area contributed by atoms with Gasteiger partial charge in [-0.1, -0.05) is 18.9 Å². The molecule has 104 valence electrons. The molecular formula is C13H17BrN2O3. The van der Waals surface area contributed by atoms with Gasteiger partial charge < -0.3 is 10.4 Å². The van der Waals surface area contributed by atoms with Crippen LogP contribution in [0.2, 0.25) is 0 Å². The molecular weight excluding hydrogens is 312 g/mol. The normalized spacial score (nSPS) is 10.2. The van der Waals surface area contributed by atoms with Crippen molar-refractivity contribution in [1.82, 2.24) is 10.3 Å². The zero-order valence-corrected chi connectivity index (χ0v) is 12.1. The van der Waals surface area contributed by atoms with Crippen LogP contribution < -0.4 is 5.32 Å². The van der Waals surface area contributed by atoms with Crippen molar-refractivity contribution in [3.63, 3.8) is 0 Å². The summed E-state index contributed by atoms with van der Waals surface area (Å²) in [5, 5.41) is 11.3. The van der Waals surface area contributed by atoms with Crippen LogP contribution in [-0.2, 0) is 4.79 Å². The van der Waals surface area contributed by atoms with Crippen molar-refractivity contribution < 1.29 is 14.7 Å². The predicted molar refractivity (Wildman–Crippen MR) is 75.0 cm³/mol. The van der Waals surface area contributed by atoms with E-state index < -0.39 is 5.97 Å². The second-order valence-corrected chi connectivity index (χ2v) is 4.97. The Bertz CT molecular complexity index is 438. The van der Waals surface area contributed by atoms with Gasteiger partial charge in [-0.2, -0.15) is 0 Å². The van der Waals surface area contributed by atoms with Gasteiger partial charge in [-0.3, -0.25) is 9.59 Å². The lowest BCUT2D eigenvalue weighted by atomic mass is 10.1. The largest absolute Gasteiger partial charge is 0.481 e. The van der Waals surface area contributed by atoms with Crippen molar-refractivity contribution in [1.29, 1.82) is 0 Å². The van der Waals surface area contributed by atoms with Gasteiger partial charge in [0.1, 0.15) is 10.3 Å². The summed E-state index contributed by atoms with van der Waals surface area (Å²) >= 11 is 3.21. The molecule has 0 saturated carbocycles. The monoisotopic (exact) mass is 328 g/mol. The highest BCUT2D eigenvalue weighted by atomic mass is 79.9. The van der Waals surface area contributed by atoms with Crippen molar-refractivity contribution in [2.75, 3.05) is 6.54 Å². The van der Waals surface area contributed by atoms with Crippen molar-refractivity contribution in [3.8, 4) is 0 Å². The highest BCUT2D eigenvalue weighted by Gasteiger charge is 2.06. The minimum Gasteiger partial charge on any atom is -0.481 e. The zero-order valence-electron chi connectivity index (χ0n) is 10.6. The number of aromatic nitrogens is 1. The van der Waals surface area contributed by atoms with Crippen LogP contribution >= 0.6 is 15.9 Å². The van der Waals surface area contributed by atoms with Crippen molar-refractivity contribution in [3.05, 3.63) is 28.5 Å². The Labute approximate surface area is 120 Å². The van der Waals surface area contributed by atoms with Gasteiger partial charge in [0.25, 0.3) is 5.91 Å². The van der Waals surface area contributed by atoms with E-state index in [1.807, 2.05) is 0 Å². The number of amides is 1. The van der Waals surface area contributed by atoms with Crippen molar-refractivity contribution in [2.24, 2.45) is 0 Å². The summed E-state index contributed by atoms with van der Waals surface area (Å²) in [5.74, 6) is -0.944. The molecule has 0 aliphatic rings. The lowest BCUT2D eigenvalue weighted by Gasteiger charge is -2.04. The summed E-state index contributed by atoms with van der Waals surface area (Å²) in [7, 11) is 0. The predicted octanol–water partition coefficient (Wildman–Crippen LogP) is 2.61. The maximum Gasteiger partial charge on any atom is 0.303 e. The SMILES string of the molecule is O=C(O)CCCCCCNC(=O)c1cccc(Br)n1. The van der Waals surface area contributed by atoms with Gasteiger partial charge in [-0.15, -0.1) is 0 Å². The molecule has 1 rings (SSSR count). The van der Waals surface area contributed by atoms with Crippen LogP contribution in [0, 0.1) is 0 Å². The lowest BCUT2D eigenvalue weighted by molar-refractivity contribution is -0.137. The number of unbranched alkanes of at least 4 members (excludes halogenated alkanes) is 3. The fourth-order valence-electron chi connectivity index (χ4n) is 1.58. The van der Waals surface area contributed by atoms with E-state index in [1.54, 1.807) is 18.2 Å². The average Bonchev–Trinajstić information content (AvgIpc) is 2.37. The highest BCUT2D eigenvalue weighted by Crippen LogP contribution is 2.06. The first-order valence-corrected chi connectivity index (χ1v) is 7.01. The maximum absolute atomic E-state index is 11.7. The van der Waals surface area contributed by atoms with Crippen molar-refractivity contribution in [2.45, 2.75) is 32.1 Å². The number of carbonyl (C=O) groups is 2. The number of hydrogen-bond donors (Lipinski definition) is 2. The van der Waals surface area contributed by atoms with Gasteiger partial charge in [0.2, 0.25) is 0 Å². The van der Waals surface area contributed by atoms with Gasteiger partial charge >= 0.3 is 5.97 Å². The number of rotatable bonds is 8. The topological polar surface area (TPSA) is 79.3 Å². The molecule has 0 bridgehead atoms. The smallest absolute Gasteiger partial charge is 0.303 e. The van der Waals surface area contributed by atoms with Crippen LogP contribution in [0.1, 0.15) is 42.6 Å². The standard InChI is InChI=1S/C13H17BrN2O3/c14-11-7-5-6-10(16-11)13(19)15-9-4-2-1-3-8-12(17)18/h5-7H,1-4,8-9H2,(H,15,19)(H,17,18). The quantitative estimate of drug-likeness (QED) is 0.568. The minimum atomic E-state index is -0.756. The summed E-state index contributed by atoms with van der Waals surface area (Å²) in [6.07, 6.45) is 3.54. The molecule has 19 heavy (non-hydrogen) atoms. The van der Waals surface area contributed by atoms with E-state index in [-0.39, 0.29) is 12.3 Å². The number of nitrogens with zero attached hydrogens (tertiary/aromatic N) is 1. The number of hydrogen-bond acceptors (Lipinski definition) is 3. The molecule has 2 N–H and O–H groups in total. The van der Waals surface area contributed by atoms with E-state index in [2.05, 4.69) is 26.2 Å². The van der Waals surface area contributed by atoms with Gasteiger partial charge in [0.15, 0.2) is 0 Å². The van der Waals surface area contributed by atoms with Crippen LogP contribution in [0.5, 0.6) is 0 Å². The van der Waals surface area contributed by atoms with Gasteiger partial charge in [-0.25, -0.2) is 4.98 Å². The molecule has 6 heteroatoms. The number of aliphatic carboxylic acids is 1. The van der Waals surface area contributed by atoms with Gasteiger partial charge in [0, 0.05) is 13.0 Å². The molecule has 0 unspecified atom stereocenters. The number of carboxylic acids is 1.